The maximum atomic E-state index is 4.79. The molecule has 6 aromatic heterocycles. The maximum Gasteiger partial charge on any atom is 0.241 e. The summed E-state index contributed by atoms with van der Waals surface area (Å²) >= 11 is 0. The van der Waals surface area contributed by atoms with Gasteiger partial charge in [0.2, 0.25) is 17.8 Å². The van der Waals surface area contributed by atoms with Crippen LogP contribution >= 0.6 is 0 Å². The highest BCUT2D eigenvalue weighted by Gasteiger charge is 2.18. The smallest absolute Gasteiger partial charge is 0.241 e. The maximum absolute atomic E-state index is 4.79. The Balaban J connectivity index is 1.53. The largest absolute Gasteiger partial charge is 0.306 e. The number of imidazole rings is 3. The van der Waals surface area contributed by atoms with Crippen LogP contribution in [-0.2, 0) is 0 Å². The fourth-order valence-electron chi connectivity index (χ4n) is 4.04. The van der Waals surface area contributed by atoms with Gasteiger partial charge in [0.25, 0.3) is 0 Å². The Morgan fingerprint density at radius 1 is 0.588 bits per heavy atom. The van der Waals surface area contributed by atoms with Crippen molar-refractivity contribution >= 4 is 21.9 Å². The second-order valence-electron chi connectivity index (χ2n) is 7.55. The predicted molar refractivity (Wildman–Crippen MR) is 123 cm³/mol. The van der Waals surface area contributed by atoms with E-state index in [1.165, 1.54) is 0 Å². The number of hydrogen-bond donors (Lipinski definition) is 0. The van der Waals surface area contributed by atoms with E-state index in [1.54, 1.807) is 65.3 Å². The van der Waals surface area contributed by atoms with Crippen LogP contribution in [0.4, 0.5) is 0 Å². The molecular weight excluding hydrogens is 430 g/mol. The topological polar surface area (TPSA) is 110 Å². The molecular formula is C23H15N11. The van der Waals surface area contributed by atoms with E-state index in [1.807, 2.05) is 39.6 Å². The fourth-order valence-corrected chi connectivity index (χ4v) is 4.04. The van der Waals surface area contributed by atoms with Crippen LogP contribution in [0.1, 0.15) is 0 Å². The number of fused-ring (bicyclic) bond motifs is 3. The van der Waals surface area contributed by atoms with Crippen molar-refractivity contribution in [3.8, 4) is 23.5 Å². The molecule has 0 spiro atoms. The van der Waals surface area contributed by atoms with Crippen LogP contribution in [0.5, 0.6) is 0 Å². The van der Waals surface area contributed by atoms with E-state index in [0.717, 1.165) is 27.6 Å². The third kappa shape index (κ3) is 2.80. The molecule has 0 aliphatic rings. The van der Waals surface area contributed by atoms with E-state index in [9.17, 15) is 0 Å². The molecule has 34 heavy (non-hydrogen) atoms. The predicted octanol–water partition coefficient (Wildman–Crippen LogP) is 2.92. The van der Waals surface area contributed by atoms with Crippen molar-refractivity contribution in [3.63, 3.8) is 0 Å². The summed E-state index contributed by atoms with van der Waals surface area (Å²) in [6, 6.07) is 10.1. The lowest BCUT2D eigenvalue weighted by Crippen LogP contribution is -2.12. The first kappa shape index (κ1) is 18.4. The molecule has 0 atom stereocenters. The first-order chi connectivity index (χ1) is 16.8. The lowest BCUT2D eigenvalue weighted by molar-refractivity contribution is 0.810. The van der Waals surface area contributed by atoms with Gasteiger partial charge in [0.15, 0.2) is 0 Å². The monoisotopic (exact) mass is 445 g/mol. The average Bonchev–Trinajstić information content (AvgIpc) is 3.70. The van der Waals surface area contributed by atoms with Crippen molar-refractivity contribution in [2.24, 2.45) is 0 Å². The molecule has 11 heteroatoms. The van der Waals surface area contributed by atoms with Crippen molar-refractivity contribution in [2.75, 3.05) is 0 Å². The molecule has 0 amide bonds. The second kappa shape index (κ2) is 7.17. The van der Waals surface area contributed by atoms with Gasteiger partial charge in [-0.25, -0.2) is 15.0 Å². The Kier molecular flexibility index (Phi) is 3.88. The van der Waals surface area contributed by atoms with Gasteiger partial charge in [-0.3, -0.25) is 18.7 Å². The summed E-state index contributed by atoms with van der Waals surface area (Å²) in [5.41, 5.74) is 3.66. The second-order valence-corrected chi connectivity index (χ2v) is 7.55. The molecule has 6 heterocycles. The third-order valence-electron chi connectivity index (χ3n) is 5.58. The van der Waals surface area contributed by atoms with Gasteiger partial charge in [0, 0.05) is 54.5 Å². The summed E-state index contributed by atoms with van der Waals surface area (Å²) in [5.74, 6) is 1.35. The minimum atomic E-state index is 0.445. The number of benzene rings is 1. The minimum Gasteiger partial charge on any atom is -0.306 e. The van der Waals surface area contributed by atoms with Crippen LogP contribution in [0.3, 0.4) is 0 Å². The summed E-state index contributed by atoms with van der Waals surface area (Å²) in [4.78, 5) is 31.3. The van der Waals surface area contributed by atoms with E-state index in [4.69, 9.17) is 9.97 Å². The summed E-state index contributed by atoms with van der Waals surface area (Å²) in [6.07, 6.45) is 17.5. The summed E-state index contributed by atoms with van der Waals surface area (Å²) in [7, 11) is 0. The van der Waals surface area contributed by atoms with Crippen molar-refractivity contribution in [1.82, 2.24) is 53.2 Å². The quantitative estimate of drug-likeness (QED) is 0.410. The molecule has 0 fully saturated rings. The Morgan fingerprint density at radius 3 is 1.88 bits per heavy atom. The van der Waals surface area contributed by atoms with Gasteiger partial charge in [0.05, 0.1) is 22.9 Å². The average molecular weight is 445 g/mol. The van der Waals surface area contributed by atoms with E-state index < -0.39 is 0 Å². The van der Waals surface area contributed by atoms with Gasteiger partial charge in [0.1, 0.15) is 12.7 Å². The first-order valence-electron chi connectivity index (χ1n) is 10.5. The van der Waals surface area contributed by atoms with Gasteiger partial charge < -0.3 is 4.57 Å². The Labute approximate surface area is 191 Å². The Morgan fingerprint density at radius 2 is 1.24 bits per heavy atom. The molecule has 162 valence electrons. The highest BCUT2D eigenvalue weighted by atomic mass is 15.3. The molecule has 0 N–H and O–H groups in total. The SMILES string of the molecule is c1cnc2c3cc(-n4ccnc4)ccc3n(-c3nc(-n4ccnc4)nc(-n4ccnc4)n3)c2c1. The van der Waals surface area contributed by atoms with E-state index in [-0.39, 0.29) is 0 Å². The van der Waals surface area contributed by atoms with Gasteiger partial charge in [-0.1, -0.05) is 0 Å². The van der Waals surface area contributed by atoms with Crippen molar-refractivity contribution in [1.29, 1.82) is 0 Å². The van der Waals surface area contributed by atoms with Crippen LogP contribution < -0.4 is 0 Å². The van der Waals surface area contributed by atoms with Gasteiger partial charge in [-0.05, 0) is 30.3 Å². The molecule has 0 saturated heterocycles. The van der Waals surface area contributed by atoms with E-state index >= 15 is 0 Å². The van der Waals surface area contributed by atoms with E-state index in [2.05, 4.69) is 31.0 Å². The minimum absolute atomic E-state index is 0.445. The number of rotatable bonds is 4. The number of aromatic nitrogens is 11. The molecule has 0 saturated carbocycles. The van der Waals surface area contributed by atoms with Crippen LogP contribution in [0.25, 0.3) is 45.5 Å². The van der Waals surface area contributed by atoms with Crippen LogP contribution in [0.15, 0.2) is 92.7 Å². The lowest BCUT2D eigenvalue weighted by Gasteiger charge is -2.10. The Hall–Kier alpha value is -5.19. The van der Waals surface area contributed by atoms with Crippen molar-refractivity contribution in [3.05, 3.63) is 92.7 Å². The van der Waals surface area contributed by atoms with Crippen LogP contribution in [-0.4, -0.2) is 53.2 Å². The molecule has 11 nitrogen and oxygen atoms in total. The van der Waals surface area contributed by atoms with Crippen molar-refractivity contribution in [2.45, 2.75) is 0 Å². The number of hydrogen-bond acceptors (Lipinski definition) is 7. The first-order valence-corrected chi connectivity index (χ1v) is 10.5. The molecule has 0 unspecified atom stereocenters. The van der Waals surface area contributed by atoms with Crippen LogP contribution in [0.2, 0.25) is 0 Å². The number of nitrogens with zero attached hydrogens (tertiary/aromatic N) is 11. The number of pyridine rings is 1. The molecule has 1 aromatic carbocycles. The van der Waals surface area contributed by atoms with Gasteiger partial charge in [-0.15, -0.1) is 0 Å². The molecule has 0 aliphatic heterocycles. The van der Waals surface area contributed by atoms with E-state index in [0.29, 0.717) is 17.8 Å². The molecule has 0 bridgehead atoms. The van der Waals surface area contributed by atoms with Gasteiger partial charge in [-0.2, -0.15) is 15.0 Å². The zero-order valence-corrected chi connectivity index (χ0v) is 17.6. The zero-order chi connectivity index (χ0) is 22.5. The molecule has 7 rings (SSSR count). The summed E-state index contributed by atoms with van der Waals surface area (Å²) in [5, 5.41) is 0.982. The van der Waals surface area contributed by atoms with Crippen molar-refractivity contribution < 1.29 is 0 Å². The molecule has 7 aromatic rings. The molecule has 0 radical (unpaired) electrons. The summed E-state index contributed by atoms with van der Waals surface area (Å²) < 4.78 is 7.45. The van der Waals surface area contributed by atoms with Gasteiger partial charge >= 0.3 is 0 Å². The van der Waals surface area contributed by atoms with Crippen LogP contribution in [0, 0.1) is 0 Å². The highest BCUT2D eigenvalue weighted by Crippen LogP contribution is 2.31. The third-order valence-corrected chi connectivity index (χ3v) is 5.58. The zero-order valence-electron chi connectivity index (χ0n) is 17.6. The highest BCUT2D eigenvalue weighted by molar-refractivity contribution is 6.07. The lowest BCUT2D eigenvalue weighted by atomic mass is 10.2. The fraction of sp³-hybridized carbons (Fsp3) is 0. The molecule has 0 aliphatic carbocycles. The standard InChI is InChI=1S/C23H15N11/c1-2-19-20(27-5-1)17-12-16(31-9-6-24-13-31)3-4-18(17)34(19)23-29-21(32-10-7-25-14-32)28-22(30-23)33-11-8-26-15-33/h1-15H. The normalized spacial score (nSPS) is 11.5. The Bertz CT molecular complexity index is 1690. The summed E-state index contributed by atoms with van der Waals surface area (Å²) in [6.45, 7) is 0.